The number of carbonyl (C=O) groups is 1. The molecule has 0 aromatic heterocycles. The van der Waals surface area contributed by atoms with Gasteiger partial charge in [0.25, 0.3) is 5.69 Å². The molecule has 112 valence electrons. The first kappa shape index (κ1) is 15.3. The van der Waals surface area contributed by atoms with Crippen LogP contribution in [0.3, 0.4) is 0 Å². The van der Waals surface area contributed by atoms with Crippen molar-refractivity contribution in [3.05, 3.63) is 68.6 Å². The molecule has 0 saturated carbocycles. The number of anilines is 1. The molecule has 0 aliphatic heterocycles. The number of rotatable bonds is 5. The molecule has 0 fully saturated rings. The van der Waals surface area contributed by atoms with Crippen molar-refractivity contribution in [1.82, 2.24) is 0 Å². The zero-order valence-electron chi connectivity index (χ0n) is 12.0. The van der Waals surface area contributed by atoms with E-state index in [2.05, 4.69) is 5.18 Å². The van der Waals surface area contributed by atoms with Crippen molar-refractivity contribution >= 4 is 22.8 Å². The first-order valence-electron chi connectivity index (χ1n) is 6.39. The van der Waals surface area contributed by atoms with Gasteiger partial charge in [-0.1, -0.05) is 30.3 Å². The van der Waals surface area contributed by atoms with Crippen molar-refractivity contribution < 1.29 is 9.72 Å². The molecule has 0 aliphatic rings. The van der Waals surface area contributed by atoms with Gasteiger partial charge < -0.3 is 4.90 Å². The van der Waals surface area contributed by atoms with Crippen molar-refractivity contribution in [2.75, 3.05) is 19.0 Å². The van der Waals surface area contributed by atoms with Gasteiger partial charge >= 0.3 is 0 Å². The summed E-state index contributed by atoms with van der Waals surface area (Å²) in [6, 6.07) is 10.7. The molecule has 0 aliphatic carbocycles. The Balaban J connectivity index is 2.76. The summed E-state index contributed by atoms with van der Waals surface area (Å²) in [4.78, 5) is 35.9. The van der Waals surface area contributed by atoms with E-state index in [1.165, 1.54) is 24.3 Å². The quantitative estimate of drug-likeness (QED) is 0.365. The summed E-state index contributed by atoms with van der Waals surface area (Å²) in [6.45, 7) is 0. The SMILES string of the molecule is CN(C)c1ccc([N+](=O)[O-])c(C(=O)c2ccccc2)c1N=O. The zero-order chi connectivity index (χ0) is 16.3. The van der Waals surface area contributed by atoms with Crippen molar-refractivity contribution in [2.45, 2.75) is 0 Å². The third-order valence-electron chi connectivity index (χ3n) is 3.17. The lowest BCUT2D eigenvalue weighted by molar-refractivity contribution is -0.385. The van der Waals surface area contributed by atoms with E-state index in [-0.39, 0.29) is 16.8 Å². The highest BCUT2D eigenvalue weighted by Crippen LogP contribution is 2.38. The van der Waals surface area contributed by atoms with Crippen LogP contribution < -0.4 is 4.90 Å². The summed E-state index contributed by atoms with van der Waals surface area (Å²) in [6.07, 6.45) is 0. The maximum atomic E-state index is 12.6. The molecule has 2 aromatic rings. The highest BCUT2D eigenvalue weighted by atomic mass is 16.6. The van der Waals surface area contributed by atoms with E-state index in [9.17, 15) is 19.8 Å². The summed E-state index contributed by atoms with van der Waals surface area (Å²) >= 11 is 0. The average Bonchev–Trinajstić information content (AvgIpc) is 2.53. The molecular weight excluding hydrogens is 286 g/mol. The second-order valence-electron chi connectivity index (χ2n) is 4.77. The number of hydrogen-bond acceptors (Lipinski definition) is 6. The maximum Gasteiger partial charge on any atom is 0.283 e. The van der Waals surface area contributed by atoms with Crippen LogP contribution >= 0.6 is 0 Å². The second-order valence-corrected chi connectivity index (χ2v) is 4.77. The first-order chi connectivity index (χ1) is 10.5. The Labute approximate surface area is 126 Å². The molecule has 0 amide bonds. The van der Waals surface area contributed by atoms with Gasteiger partial charge in [0, 0.05) is 25.7 Å². The molecule has 22 heavy (non-hydrogen) atoms. The van der Waals surface area contributed by atoms with Crippen molar-refractivity contribution in [2.24, 2.45) is 5.18 Å². The number of nitroso groups, excluding NO2 is 1. The number of ketones is 1. The summed E-state index contributed by atoms with van der Waals surface area (Å²) < 4.78 is 0. The molecule has 0 radical (unpaired) electrons. The van der Waals surface area contributed by atoms with Crippen LogP contribution in [0.1, 0.15) is 15.9 Å². The molecule has 0 saturated heterocycles. The Morgan fingerprint density at radius 1 is 1.14 bits per heavy atom. The van der Waals surface area contributed by atoms with Crippen LogP contribution in [0.4, 0.5) is 17.1 Å². The van der Waals surface area contributed by atoms with E-state index in [1.54, 1.807) is 37.2 Å². The van der Waals surface area contributed by atoms with Gasteiger partial charge in [0.15, 0.2) is 0 Å². The minimum atomic E-state index is -0.690. The summed E-state index contributed by atoms with van der Waals surface area (Å²) in [5.74, 6) is -0.606. The van der Waals surface area contributed by atoms with Crippen molar-refractivity contribution in [3.63, 3.8) is 0 Å². The lowest BCUT2D eigenvalue weighted by atomic mass is 9.98. The largest absolute Gasteiger partial charge is 0.376 e. The summed E-state index contributed by atoms with van der Waals surface area (Å²) in [5, 5.41) is 14.1. The molecule has 0 spiro atoms. The monoisotopic (exact) mass is 299 g/mol. The van der Waals surface area contributed by atoms with Crippen LogP contribution in [0.25, 0.3) is 0 Å². The number of nitro benzene ring substituents is 1. The number of nitrogens with zero attached hydrogens (tertiary/aromatic N) is 3. The maximum absolute atomic E-state index is 12.6. The van der Waals surface area contributed by atoms with E-state index in [0.29, 0.717) is 5.69 Å². The lowest BCUT2D eigenvalue weighted by Gasteiger charge is -2.16. The van der Waals surface area contributed by atoms with E-state index >= 15 is 0 Å². The molecular formula is C15H13N3O4. The van der Waals surface area contributed by atoms with Gasteiger partial charge in [0.1, 0.15) is 11.3 Å². The van der Waals surface area contributed by atoms with Crippen LogP contribution in [-0.2, 0) is 0 Å². The Bertz CT molecular complexity index is 742. The third-order valence-corrected chi connectivity index (χ3v) is 3.17. The molecule has 0 heterocycles. The number of hydrogen-bond donors (Lipinski definition) is 0. The molecule has 0 atom stereocenters. The molecule has 0 N–H and O–H groups in total. The highest BCUT2D eigenvalue weighted by Gasteiger charge is 2.28. The van der Waals surface area contributed by atoms with Gasteiger partial charge in [-0.3, -0.25) is 14.9 Å². The smallest absolute Gasteiger partial charge is 0.283 e. The molecule has 2 aromatic carbocycles. The Hall–Kier alpha value is -3.09. The lowest BCUT2D eigenvalue weighted by Crippen LogP contribution is -2.12. The topological polar surface area (TPSA) is 92.9 Å². The van der Waals surface area contributed by atoms with E-state index in [0.717, 1.165) is 0 Å². The van der Waals surface area contributed by atoms with Crippen LogP contribution in [0.5, 0.6) is 0 Å². The predicted molar refractivity (Wildman–Crippen MR) is 82.8 cm³/mol. The van der Waals surface area contributed by atoms with Crippen LogP contribution in [0.15, 0.2) is 47.6 Å². The predicted octanol–water partition coefficient (Wildman–Crippen LogP) is 3.29. The van der Waals surface area contributed by atoms with Crippen LogP contribution in [0.2, 0.25) is 0 Å². The molecule has 0 bridgehead atoms. The van der Waals surface area contributed by atoms with Gasteiger partial charge in [0.05, 0.1) is 10.6 Å². The second kappa shape index (κ2) is 6.13. The Morgan fingerprint density at radius 3 is 2.27 bits per heavy atom. The molecule has 2 rings (SSSR count). The van der Waals surface area contributed by atoms with Crippen molar-refractivity contribution in [3.8, 4) is 0 Å². The van der Waals surface area contributed by atoms with Gasteiger partial charge in [-0.25, -0.2) is 0 Å². The fraction of sp³-hybridized carbons (Fsp3) is 0.133. The summed E-state index contributed by atoms with van der Waals surface area (Å²) in [5.41, 5.74) is -0.356. The summed E-state index contributed by atoms with van der Waals surface area (Å²) in [7, 11) is 3.32. The zero-order valence-corrected chi connectivity index (χ0v) is 12.0. The highest BCUT2D eigenvalue weighted by molar-refractivity contribution is 6.16. The third kappa shape index (κ3) is 2.69. The van der Waals surface area contributed by atoms with E-state index < -0.39 is 16.4 Å². The Kier molecular flexibility index (Phi) is 4.26. The van der Waals surface area contributed by atoms with E-state index in [1.807, 2.05) is 0 Å². The first-order valence-corrected chi connectivity index (χ1v) is 6.39. The standard InChI is InChI=1S/C15H13N3O4/c1-17(2)12-9-8-11(18(21)22)13(14(12)16-20)15(19)10-6-4-3-5-7-10/h3-9H,1-2H3. The fourth-order valence-electron chi connectivity index (χ4n) is 2.13. The molecule has 7 nitrogen and oxygen atoms in total. The van der Waals surface area contributed by atoms with Crippen LogP contribution in [-0.4, -0.2) is 24.8 Å². The van der Waals surface area contributed by atoms with E-state index in [4.69, 9.17) is 0 Å². The normalized spacial score (nSPS) is 10.1. The van der Waals surface area contributed by atoms with Gasteiger partial charge in [-0.2, -0.15) is 0 Å². The van der Waals surface area contributed by atoms with Crippen molar-refractivity contribution in [1.29, 1.82) is 0 Å². The number of benzene rings is 2. The minimum absolute atomic E-state index is 0.229. The fourth-order valence-corrected chi connectivity index (χ4v) is 2.13. The minimum Gasteiger partial charge on any atom is -0.376 e. The van der Waals surface area contributed by atoms with Gasteiger partial charge in [0.2, 0.25) is 5.78 Å². The molecule has 0 unspecified atom stereocenters. The van der Waals surface area contributed by atoms with Gasteiger partial charge in [-0.15, -0.1) is 4.91 Å². The number of carbonyl (C=O) groups excluding carboxylic acids is 1. The average molecular weight is 299 g/mol. The van der Waals surface area contributed by atoms with Gasteiger partial charge in [-0.05, 0) is 11.2 Å². The Morgan fingerprint density at radius 2 is 1.77 bits per heavy atom. The number of nitro groups is 1. The van der Waals surface area contributed by atoms with Crippen LogP contribution in [0, 0.1) is 15.0 Å². The molecule has 7 heteroatoms.